The number of carbonyl (C=O) groups excluding carboxylic acids is 2. The molecule has 2 aromatic carbocycles. The van der Waals surface area contributed by atoms with Gasteiger partial charge in [-0.2, -0.15) is 5.01 Å². The number of hydrazine groups is 1. The van der Waals surface area contributed by atoms with Crippen molar-refractivity contribution in [2.45, 2.75) is 19.3 Å². The van der Waals surface area contributed by atoms with Gasteiger partial charge in [-0.25, -0.2) is 0 Å². The molecule has 11 heteroatoms. The predicted octanol–water partition coefficient (Wildman–Crippen LogP) is 2.77. The van der Waals surface area contributed by atoms with Gasteiger partial charge in [0.25, 0.3) is 11.6 Å². The summed E-state index contributed by atoms with van der Waals surface area (Å²) in [5.74, 6) is -1.26. The summed E-state index contributed by atoms with van der Waals surface area (Å²) in [7, 11) is 0. The van der Waals surface area contributed by atoms with Crippen LogP contribution >= 0.6 is 0 Å². The zero-order chi connectivity index (χ0) is 21.1. The molecule has 1 saturated heterocycles. The van der Waals surface area contributed by atoms with Gasteiger partial charge in [0.1, 0.15) is 11.4 Å². The number of rotatable bonds is 7. The molecule has 1 heterocycles. The quantitative estimate of drug-likeness (QED) is 0.424. The number of non-ortho nitro benzene ring substituents is 1. The van der Waals surface area contributed by atoms with E-state index >= 15 is 0 Å². The zero-order valence-electron chi connectivity index (χ0n) is 15.2. The second-order valence-corrected chi connectivity index (χ2v) is 6.15. The van der Waals surface area contributed by atoms with Crippen molar-refractivity contribution in [2.24, 2.45) is 0 Å². The fraction of sp³-hybridized carbons (Fsp3) is 0.222. The van der Waals surface area contributed by atoms with Crippen LogP contribution in [0.2, 0.25) is 0 Å². The van der Waals surface area contributed by atoms with Gasteiger partial charge in [-0.3, -0.25) is 35.2 Å². The number of nitro benzene ring substituents is 2. The molecule has 1 fully saturated rings. The summed E-state index contributed by atoms with van der Waals surface area (Å²) in [5.41, 5.74) is 1.74. The minimum atomic E-state index is -0.829. The number of benzene rings is 2. The van der Waals surface area contributed by atoms with E-state index in [1.54, 1.807) is 24.3 Å². The van der Waals surface area contributed by atoms with Gasteiger partial charge < -0.3 is 4.74 Å². The van der Waals surface area contributed by atoms with Crippen LogP contribution in [0.25, 0.3) is 0 Å². The van der Waals surface area contributed by atoms with Gasteiger partial charge in [-0.1, -0.05) is 12.1 Å². The Morgan fingerprint density at radius 2 is 1.79 bits per heavy atom. The van der Waals surface area contributed by atoms with Crippen molar-refractivity contribution in [3.8, 4) is 5.75 Å². The number of hydrogen-bond donors (Lipinski definition) is 1. The maximum Gasteiger partial charge on any atom is 0.300 e. The fourth-order valence-corrected chi connectivity index (χ4v) is 2.97. The largest absolute Gasteiger partial charge is 0.494 e. The molecular formula is C18H16N4O7. The van der Waals surface area contributed by atoms with E-state index in [0.717, 1.165) is 18.2 Å². The van der Waals surface area contributed by atoms with E-state index in [2.05, 4.69) is 5.43 Å². The maximum absolute atomic E-state index is 12.7. The summed E-state index contributed by atoms with van der Waals surface area (Å²) in [5, 5.41) is 22.8. The van der Waals surface area contributed by atoms with Crippen LogP contribution in [0, 0.1) is 20.2 Å². The molecule has 0 saturated carbocycles. The number of carbonyl (C=O) groups is 2. The first-order valence-electron chi connectivity index (χ1n) is 8.61. The van der Waals surface area contributed by atoms with Crippen LogP contribution < -0.4 is 10.2 Å². The highest BCUT2D eigenvalue weighted by molar-refractivity contribution is 6.07. The van der Waals surface area contributed by atoms with Crippen LogP contribution in [0.15, 0.2) is 42.5 Å². The SMILES string of the molecule is CCOc1ccc([C@H]2CC(=O)N(Nc3ccc([N+](=O)[O-])cc3[N+](=O)[O-])C2=O)cc1. The van der Waals surface area contributed by atoms with E-state index in [-0.39, 0.29) is 12.1 Å². The number of imide groups is 1. The molecule has 3 rings (SSSR count). The number of nitro groups is 2. The van der Waals surface area contributed by atoms with Crippen LogP contribution in [0.1, 0.15) is 24.8 Å². The van der Waals surface area contributed by atoms with Crippen molar-refractivity contribution in [1.29, 1.82) is 0 Å². The number of anilines is 1. The maximum atomic E-state index is 12.7. The highest BCUT2D eigenvalue weighted by atomic mass is 16.6. The van der Waals surface area contributed by atoms with Gasteiger partial charge in [0.15, 0.2) is 0 Å². The van der Waals surface area contributed by atoms with Crippen molar-refractivity contribution < 1.29 is 24.2 Å². The number of ether oxygens (including phenoxy) is 1. The second-order valence-electron chi connectivity index (χ2n) is 6.15. The van der Waals surface area contributed by atoms with E-state index in [1.165, 1.54) is 0 Å². The summed E-state index contributed by atoms with van der Waals surface area (Å²) >= 11 is 0. The van der Waals surface area contributed by atoms with Crippen molar-refractivity contribution in [3.63, 3.8) is 0 Å². The predicted molar refractivity (Wildman–Crippen MR) is 100 cm³/mol. The van der Waals surface area contributed by atoms with E-state index in [9.17, 15) is 29.8 Å². The molecule has 150 valence electrons. The zero-order valence-corrected chi connectivity index (χ0v) is 15.2. The molecule has 0 aliphatic carbocycles. The van der Waals surface area contributed by atoms with Gasteiger partial charge in [0, 0.05) is 12.5 Å². The Morgan fingerprint density at radius 1 is 1.10 bits per heavy atom. The molecule has 2 amide bonds. The van der Waals surface area contributed by atoms with E-state index in [4.69, 9.17) is 4.74 Å². The van der Waals surface area contributed by atoms with Gasteiger partial charge in [0.05, 0.1) is 28.4 Å². The Hall–Kier alpha value is -4.02. The number of nitrogens with one attached hydrogen (secondary N) is 1. The number of nitrogens with zero attached hydrogens (tertiary/aromatic N) is 3. The summed E-state index contributed by atoms with van der Waals surface area (Å²) in [6, 6.07) is 9.63. The number of hydrogen-bond acceptors (Lipinski definition) is 8. The molecule has 1 N–H and O–H groups in total. The normalized spacial score (nSPS) is 16.0. The van der Waals surface area contributed by atoms with Gasteiger partial charge in [-0.05, 0) is 30.7 Å². The van der Waals surface area contributed by atoms with E-state index in [1.807, 2.05) is 6.92 Å². The molecule has 11 nitrogen and oxygen atoms in total. The topological polar surface area (TPSA) is 145 Å². The molecule has 2 aromatic rings. The van der Waals surface area contributed by atoms with E-state index < -0.39 is 39.0 Å². The van der Waals surface area contributed by atoms with Gasteiger partial charge in [-0.15, -0.1) is 0 Å². The fourth-order valence-electron chi connectivity index (χ4n) is 2.97. The third kappa shape index (κ3) is 3.98. The van der Waals surface area contributed by atoms with Crippen molar-refractivity contribution in [2.75, 3.05) is 12.0 Å². The lowest BCUT2D eigenvalue weighted by atomic mass is 9.98. The summed E-state index contributed by atoms with van der Waals surface area (Å²) in [6.07, 6.45) is -0.111. The summed E-state index contributed by atoms with van der Waals surface area (Å²) < 4.78 is 5.35. The first-order chi connectivity index (χ1) is 13.8. The number of amides is 2. The van der Waals surface area contributed by atoms with Crippen molar-refractivity contribution in [3.05, 3.63) is 68.3 Å². The van der Waals surface area contributed by atoms with Gasteiger partial charge >= 0.3 is 5.69 Å². The Kier molecular flexibility index (Phi) is 5.39. The van der Waals surface area contributed by atoms with Crippen LogP contribution in [0.5, 0.6) is 5.75 Å². The van der Waals surface area contributed by atoms with E-state index in [0.29, 0.717) is 22.9 Å². The van der Waals surface area contributed by atoms with Crippen LogP contribution in [0.3, 0.4) is 0 Å². The Bertz CT molecular complexity index is 990. The lowest BCUT2D eigenvalue weighted by Crippen LogP contribution is -2.36. The van der Waals surface area contributed by atoms with Gasteiger partial charge in [0.2, 0.25) is 5.91 Å². The smallest absolute Gasteiger partial charge is 0.300 e. The van der Waals surface area contributed by atoms with Crippen LogP contribution in [0.4, 0.5) is 17.1 Å². The highest BCUT2D eigenvalue weighted by Gasteiger charge is 2.40. The molecule has 0 unspecified atom stereocenters. The molecule has 1 aliphatic heterocycles. The third-order valence-corrected chi connectivity index (χ3v) is 4.36. The molecule has 0 bridgehead atoms. The Balaban J connectivity index is 1.83. The summed E-state index contributed by atoms with van der Waals surface area (Å²) in [6.45, 7) is 2.33. The highest BCUT2D eigenvalue weighted by Crippen LogP contribution is 2.34. The molecule has 0 spiro atoms. The molecular weight excluding hydrogens is 384 g/mol. The lowest BCUT2D eigenvalue weighted by molar-refractivity contribution is -0.393. The molecule has 29 heavy (non-hydrogen) atoms. The monoisotopic (exact) mass is 400 g/mol. The molecule has 0 aromatic heterocycles. The Labute approximate surface area is 164 Å². The first kappa shape index (κ1) is 19.7. The standard InChI is InChI=1S/C18H16N4O7/c1-2-29-13-6-3-11(4-7-13)14-10-17(23)20(18(14)24)19-15-8-5-12(21(25)26)9-16(15)22(27)28/h3-9,14,19H,2,10H2,1H3/t14-/m1/s1. The molecule has 1 atom stereocenters. The summed E-state index contributed by atoms with van der Waals surface area (Å²) in [4.78, 5) is 45.5. The average Bonchev–Trinajstić information content (AvgIpc) is 2.97. The van der Waals surface area contributed by atoms with Crippen LogP contribution in [-0.4, -0.2) is 33.3 Å². The minimum Gasteiger partial charge on any atom is -0.494 e. The molecule has 0 radical (unpaired) electrons. The Morgan fingerprint density at radius 3 is 2.38 bits per heavy atom. The molecule has 1 aliphatic rings. The first-order valence-corrected chi connectivity index (χ1v) is 8.61. The third-order valence-electron chi connectivity index (χ3n) is 4.36. The average molecular weight is 400 g/mol. The van der Waals surface area contributed by atoms with Crippen molar-refractivity contribution >= 4 is 28.9 Å². The second kappa shape index (κ2) is 7.92. The van der Waals surface area contributed by atoms with Crippen LogP contribution in [-0.2, 0) is 9.59 Å². The minimum absolute atomic E-state index is 0.111. The lowest BCUT2D eigenvalue weighted by Gasteiger charge is -2.17. The van der Waals surface area contributed by atoms with Crippen molar-refractivity contribution in [1.82, 2.24) is 5.01 Å².